The molecule has 2 saturated heterocycles. The van der Waals surface area contributed by atoms with E-state index in [1.807, 2.05) is 12.1 Å². The molecule has 662 valence electrons. The summed E-state index contributed by atoms with van der Waals surface area (Å²) in [6, 6.07) is 6.10. The lowest BCUT2D eigenvalue weighted by Gasteiger charge is -2.39. The highest BCUT2D eigenvalue weighted by Gasteiger charge is 2.48. The van der Waals surface area contributed by atoms with Crippen LogP contribution in [0.3, 0.4) is 0 Å². The highest BCUT2D eigenvalue weighted by Crippen LogP contribution is 2.47. The number of fused-ring (bicyclic) bond motifs is 2. The molecule has 122 heavy (non-hydrogen) atoms. The first-order chi connectivity index (χ1) is 57.6. The standard InChI is InChI=1S/C80H110N20O20S2/c1-41(101)63-74(115)94-56(36-47-40-88-50-16-10-9-15-49(47)50)70(111)90-52(24-25-59(83)103)68(109)99-65(79(5,6)122-121-78(3,4)64(89-42(2)102)75(116)96-58(39-62(86)106)72(113)98-63)76(117)95-54(34-43-19-22-48(23-20-43)120-32-29-82)69(110)92-55(35-44-18-21-45-13-7-8-14-46(45)33-44)73(114)100-80(26-30-119-31-27-80)77(118)97-51(17-11-12-28-81)67(108)93-57(38-61(85)105)71(112)91-53(66(87)107)37-60(84)104/h7-10,13-16,18-23,33,40-41,51-58,63-65,88,101H,11-12,17,24-32,34-39,81-82H2,1-6H3,(H2,83,103)(H2,84,104)(H2,85,105)(H2,86,106)(H2,87,107)(H,89,102)(H,90,111)(H,91,112)(H,92,110)(H,93,108)(H,94,115)(H,95,117)(H,96,116)(H,97,118)(H,98,113)(H,99,109)(H,100,114). The topological polar surface area (TPSA) is 671 Å². The predicted octanol–water partition coefficient (Wildman–Crippen LogP) is -4.46. The van der Waals surface area contributed by atoms with Gasteiger partial charge in [-0.2, -0.15) is 0 Å². The van der Waals surface area contributed by atoms with Crippen molar-refractivity contribution in [2.45, 2.75) is 213 Å². The molecular formula is C80H110N20O20S2. The van der Waals surface area contributed by atoms with E-state index in [4.69, 9.17) is 49.6 Å². The van der Waals surface area contributed by atoms with Crippen molar-refractivity contribution in [1.82, 2.24) is 68.8 Å². The van der Waals surface area contributed by atoms with E-state index in [1.54, 1.807) is 85.1 Å². The number of ether oxygens (including phenoxy) is 2. The SMILES string of the molecule is CC(=O)NC1C(=O)NC(CC(N)=O)C(=O)NC(C(C)O)C(=O)NC(Cc2c[nH]c3ccccc23)C(=O)NC(CCC(N)=O)C(=O)NC(C(=O)NC(Cc2ccc(OCCN)cc2)C(=O)NC(Cc2ccc3ccccc3c2)C(=O)NC2(C(=O)NC(CCCCN)C(=O)NC(CC(N)=O)C(=O)NC(CC(N)=O)C(N)=O)CCOCC2)C(C)(C)SSC1(C)C. The third-order valence-electron chi connectivity index (χ3n) is 20.3. The largest absolute Gasteiger partial charge is 0.492 e. The molecule has 0 saturated carbocycles. The van der Waals surface area contributed by atoms with Crippen LogP contribution in [0, 0.1) is 0 Å². The Hall–Kier alpha value is -12.0. The molecule has 12 atom stereocenters. The van der Waals surface area contributed by atoms with Crippen molar-refractivity contribution < 1.29 is 96.1 Å². The first-order valence-corrected chi connectivity index (χ1v) is 41.6. The van der Waals surface area contributed by atoms with Crippen molar-refractivity contribution in [3.05, 3.63) is 114 Å². The van der Waals surface area contributed by atoms with Gasteiger partial charge in [0.05, 0.1) is 25.4 Å². The summed E-state index contributed by atoms with van der Waals surface area (Å²) < 4.78 is 8.20. The van der Waals surface area contributed by atoms with Gasteiger partial charge in [-0.3, -0.25) is 81.5 Å². The van der Waals surface area contributed by atoms with Gasteiger partial charge in [-0.05, 0) is 113 Å². The van der Waals surface area contributed by atoms with Gasteiger partial charge in [0.15, 0.2) is 0 Å². The predicted molar refractivity (Wildman–Crippen MR) is 449 cm³/mol. The molecule has 40 nitrogen and oxygen atoms in total. The third kappa shape index (κ3) is 28.6. The van der Waals surface area contributed by atoms with Crippen LogP contribution in [0.5, 0.6) is 5.75 Å². The Morgan fingerprint density at radius 1 is 0.574 bits per heavy atom. The van der Waals surface area contributed by atoms with Gasteiger partial charge in [0.1, 0.15) is 84.4 Å². The lowest BCUT2D eigenvalue weighted by Crippen LogP contribution is -2.67. The molecule has 0 aliphatic carbocycles. The van der Waals surface area contributed by atoms with Crippen LogP contribution in [0.2, 0.25) is 0 Å². The van der Waals surface area contributed by atoms with E-state index in [-0.39, 0.29) is 71.4 Å². The number of carbonyl (C=O) groups is 17. The summed E-state index contributed by atoms with van der Waals surface area (Å²) >= 11 is 0. The monoisotopic (exact) mass is 1730 g/mol. The number of aliphatic hydroxyl groups is 1. The Kier molecular flexibility index (Phi) is 35.9. The number of nitrogens with one attached hydrogen (secondary N) is 13. The zero-order valence-corrected chi connectivity index (χ0v) is 70.1. The van der Waals surface area contributed by atoms with Crippen LogP contribution in [-0.2, 0) is 106 Å². The van der Waals surface area contributed by atoms with Gasteiger partial charge in [0.25, 0.3) is 0 Å². The molecule has 2 aliphatic rings. The van der Waals surface area contributed by atoms with Crippen molar-refractivity contribution in [2.75, 3.05) is 32.9 Å². The number of aromatic nitrogens is 1. The lowest BCUT2D eigenvalue weighted by atomic mass is 9.87. The van der Waals surface area contributed by atoms with Gasteiger partial charge in [-0.25, -0.2) is 0 Å². The maximum absolute atomic E-state index is 16.1. The smallest absolute Gasteiger partial charge is 0.246 e. The lowest BCUT2D eigenvalue weighted by molar-refractivity contribution is -0.141. The number of rotatable bonds is 37. The Morgan fingerprint density at radius 2 is 1.14 bits per heavy atom. The summed E-state index contributed by atoms with van der Waals surface area (Å²) in [5.74, 6) is -18.0. The second-order valence-corrected chi connectivity index (χ2v) is 34.4. The molecule has 2 aliphatic heterocycles. The van der Waals surface area contributed by atoms with E-state index in [1.165, 1.54) is 27.7 Å². The number of unbranched alkanes of at least 4 members (excludes halogenated alkanes) is 1. The molecule has 5 aromatic rings. The number of hydrogen-bond donors (Lipinski definition) is 21. The normalized spacial score (nSPS) is 20.4. The van der Waals surface area contributed by atoms with E-state index in [9.17, 15) is 57.8 Å². The van der Waals surface area contributed by atoms with Gasteiger partial charge < -0.3 is 124 Å². The minimum Gasteiger partial charge on any atom is -0.492 e. The van der Waals surface area contributed by atoms with Gasteiger partial charge >= 0.3 is 0 Å². The molecule has 7 rings (SSSR count). The van der Waals surface area contributed by atoms with Crippen molar-refractivity contribution >= 4 is 144 Å². The number of primary amides is 5. The molecule has 0 radical (unpaired) electrons. The number of nitrogens with two attached hydrogens (primary N) is 7. The zero-order valence-electron chi connectivity index (χ0n) is 68.5. The van der Waals surface area contributed by atoms with E-state index < -0.39 is 227 Å². The Labute approximate surface area is 710 Å². The maximum atomic E-state index is 16.1. The van der Waals surface area contributed by atoms with E-state index in [2.05, 4.69) is 68.8 Å². The zero-order chi connectivity index (χ0) is 89.9. The van der Waals surface area contributed by atoms with Gasteiger partial charge in [-0.15, -0.1) is 0 Å². The molecule has 3 heterocycles. The molecular weight excluding hydrogens is 1630 g/mol. The summed E-state index contributed by atoms with van der Waals surface area (Å²) in [5.41, 5.74) is 39.0. The van der Waals surface area contributed by atoms with Crippen LogP contribution < -0.4 is 109 Å². The number of amides is 17. The third-order valence-corrected chi connectivity index (χ3v) is 24.5. The van der Waals surface area contributed by atoms with Crippen LogP contribution in [0.1, 0.15) is 122 Å². The number of aromatic amines is 1. The van der Waals surface area contributed by atoms with Gasteiger partial charge in [0.2, 0.25) is 100 Å². The molecule has 0 spiro atoms. The first kappa shape index (κ1) is 97.1. The maximum Gasteiger partial charge on any atom is 0.246 e. The molecule has 2 fully saturated rings. The molecule has 17 amide bonds. The van der Waals surface area contributed by atoms with Crippen molar-refractivity contribution in [2.24, 2.45) is 40.1 Å². The molecule has 4 aromatic carbocycles. The number of para-hydroxylation sites is 1. The second kappa shape index (κ2) is 45.1. The number of carbonyl (C=O) groups excluding carboxylic acids is 17. The minimum atomic E-state index is -1.98. The number of benzene rings is 4. The molecule has 28 N–H and O–H groups in total. The van der Waals surface area contributed by atoms with Gasteiger partial charge in [-0.1, -0.05) is 94.4 Å². The summed E-state index contributed by atoms with van der Waals surface area (Å²) in [6.45, 7) is 8.22. The van der Waals surface area contributed by atoms with Crippen LogP contribution in [-0.4, -0.2) is 231 Å². The Balaban J connectivity index is 1.34. The van der Waals surface area contributed by atoms with Crippen LogP contribution in [0.25, 0.3) is 21.7 Å². The van der Waals surface area contributed by atoms with Gasteiger partial charge in [0, 0.05) is 91.8 Å². The second-order valence-electron chi connectivity index (χ2n) is 31.0. The van der Waals surface area contributed by atoms with E-state index in [0.717, 1.165) is 40.8 Å². The average Bonchev–Trinajstić information content (AvgIpc) is 1.03. The van der Waals surface area contributed by atoms with Crippen LogP contribution in [0.15, 0.2) is 97.2 Å². The van der Waals surface area contributed by atoms with Crippen LogP contribution in [0.4, 0.5) is 0 Å². The van der Waals surface area contributed by atoms with Crippen molar-refractivity contribution in [3.63, 3.8) is 0 Å². The molecule has 1 aromatic heterocycles. The average molecular weight is 1740 g/mol. The molecule has 42 heteroatoms. The van der Waals surface area contributed by atoms with E-state index in [0.29, 0.717) is 45.1 Å². The number of hydrogen-bond acceptors (Lipinski definition) is 24. The summed E-state index contributed by atoms with van der Waals surface area (Å²) in [5, 5.41) is 44.3. The Morgan fingerprint density at radius 3 is 1.77 bits per heavy atom. The fourth-order valence-corrected chi connectivity index (χ4v) is 16.4. The quantitative estimate of drug-likeness (QED) is 0.0132. The highest BCUT2D eigenvalue weighted by molar-refractivity contribution is 8.77. The number of aliphatic hydroxyl groups excluding tert-OH is 1. The summed E-state index contributed by atoms with van der Waals surface area (Å²) in [4.78, 5) is 244. The minimum absolute atomic E-state index is 0.108. The van der Waals surface area contributed by atoms with Crippen molar-refractivity contribution in [1.29, 1.82) is 0 Å². The van der Waals surface area contributed by atoms with Crippen LogP contribution >= 0.6 is 21.6 Å². The number of H-pyrrole nitrogens is 1. The fraction of sp³-hybridized carbons (Fsp3) is 0.487. The fourth-order valence-electron chi connectivity index (χ4n) is 13.6. The summed E-state index contributed by atoms with van der Waals surface area (Å²) in [7, 11) is 1.73. The molecule has 12 unspecified atom stereocenters. The first-order valence-electron chi connectivity index (χ1n) is 39.5. The summed E-state index contributed by atoms with van der Waals surface area (Å²) in [6.07, 6.45) is -5.16. The molecule has 0 bridgehead atoms. The highest BCUT2D eigenvalue weighted by atomic mass is 33.1. The van der Waals surface area contributed by atoms with E-state index >= 15 is 28.8 Å². The van der Waals surface area contributed by atoms with Crippen molar-refractivity contribution in [3.8, 4) is 5.75 Å². The Bertz CT molecular complexity index is 4660.